The van der Waals surface area contributed by atoms with Crippen LogP contribution < -0.4 is 14.8 Å². The van der Waals surface area contributed by atoms with Crippen LogP contribution in [0.4, 0.5) is 19.0 Å². The van der Waals surface area contributed by atoms with Crippen molar-refractivity contribution in [2.75, 3.05) is 12.1 Å². The Hall–Kier alpha value is -3.03. The van der Waals surface area contributed by atoms with Crippen LogP contribution in [0.25, 0.3) is 10.9 Å². The van der Waals surface area contributed by atoms with Crippen LogP contribution in [-0.4, -0.2) is 16.8 Å². The van der Waals surface area contributed by atoms with Crippen LogP contribution in [0.15, 0.2) is 42.5 Å². The zero-order valence-corrected chi connectivity index (χ0v) is 12.8. The standard InChI is InChI=1S/C17H12F3N3O2/c18-17(19,20)16-22-12-4-2-1-3-11(12)15(23-16)21-8-10-5-6-13-14(7-10)25-9-24-13/h1-7H,8-9H2,(H,21,22,23). The maximum Gasteiger partial charge on any atom is 0.451 e. The zero-order valence-electron chi connectivity index (χ0n) is 12.8. The van der Waals surface area contributed by atoms with Crippen LogP contribution in [0.2, 0.25) is 0 Å². The van der Waals surface area contributed by atoms with E-state index in [-0.39, 0.29) is 24.7 Å². The number of benzene rings is 2. The van der Waals surface area contributed by atoms with Gasteiger partial charge in [0.15, 0.2) is 11.5 Å². The number of anilines is 1. The van der Waals surface area contributed by atoms with Crippen molar-refractivity contribution in [1.29, 1.82) is 0 Å². The lowest BCUT2D eigenvalue weighted by Gasteiger charge is -2.12. The molecule has 0 unspecified atom stereocenters. The van der Waals surface area contributed by atoms with Gasteiger partial charge in [-0.05, 0) is 29.8 Å². The second-order valence-electron chi connectivity index (χ2n) is 5.45. The average Bonchev–Trinajstić information content (AvgIpc) is 3.06. The van der Waals surface area contributed by atoms with Crippen LogP contribution in [-0.2, 0) is 12.7 Å². The highest BCUT2D eigenvalue weighted by molar-refractivity contribution is 5.89. The highest BCUT2D eigenvalue weighted by Crippen LogP contribution is 2.33. The molecule has 0 radical (unpaired) electrons. The van der Waals surface area contributed by atoms with Gasteiger partial charge in [-0.25, -0.2) is 9.97 Å². The van der Waals surface area contributed by atoms with Crippen LogP contribution in [0.1, 0.15) is 11.4 Å². The van der Waals surface area contributed by atoms with E-state index in [4.69, 9.17) is 9.47 Å². The van der Waals surface area contributed by atoms with Gasteiger partial charge in [0.2, 0.25) is 12.6 Å². The lowest BCUT2D eigenvalue weighted by molar-refractivity contribution is -0.144. The lowest BCUT2D eigenvalue weighted by Crippen LogP contribution is -2.13. The molecular weight excluding hydrogens is 335 g/mol. The van der Waals surface area contributed by atoms with E-state index in [2.05, 4.69) is 15.3 Å². The van der Waals surface area contributed by atoms with E-state index in [1.54, 1.807) is 30.3 Å². The molecule has 0 saturated heterocycles. The number of para-hydroxylation sites is 1. The summed E-state index contributed by atoms with van der Waals surface area (Å²) in [7, 11) is 0. The third-order valence-corrected chi connectivity index (χ3v) is 3.75. The van der Waals surface area contributed by atoms with Gasteiger partial charge < -0.3 is 14.8 Å². The van der Waals surface area contributed by atoms with E-state index >= 15 is 0 Å². The van der Waals surface area contributed by atoms with E-state index in [0.29, 0.717) is 16.9 Å². The molecule has 0 bridgehead atoms. The summed E-state index contributed by atoms with van der Waals surface area (Å²) in [6.45, 7) is 0.451. The molecule has 3 aromatic rings. The highest BCUT2D eigenvalue weighted by atomic mass is 19.4. The monoisotopic (exact) mass is 347 g/mol. The molecule has 8 heteroatoms. The molecule has 25 heavy (non-hydrogen) atoms. The van der Waals surface area contributed by atoms with Gasteiger partial charge in [-0.1, -0.05) is 18.2 Å². The number of rotatable bonds is 3. The van der Waals surface area contributed by atoms with Crippen molar-refractivity contribution in [3.05, 3.63) is 53.9 Å². The number of fused-ring (bicyclic) bond motifs is 2. The molecule has 0 fully saturated rings. The summed E-state index contributed by atoms with van der Waals surface area (Å²) in [5.41, 5.74) is 1.07. The molecule has 1 N–H and O–H groups in total. The van der Waals surface area contributed by atoms with Gasteiger partial charge >= 0.3 is 6.18 Å². The number of ether oxygens (including phenoxy) is 2. The summed E-state index contributed by atoms with van der Waals surface area (Å²) in [4.78, 5) is 7.25. The van der Waals surface area contributed by atoms with Gasteiger partial charge in [-0.2, -0.15) is 13.2 Å². The summed E-state index contributed by atoms with van der Waals surface area (Å²) >= 11 is 0. The third kappa shape index (κ3) is 3.02. The number of hydrogen-bond donors (Lipinski definition) is 1. The maximum absolute atomic E-state index is 13.0. The summed E-state index contributed by atoms with van der Waals surface area (Å²) < 4.78 is 49.6. The molecule has 0 saturated carbocycles. The Morgan fingerprint density at radius 1 is 1.00 bits per heavy atom. The van der Waals surface area contributed by atoms with Gasteiger partial charge in [0.1, 0.15) is 5.82 Å². The summed E-state index contributed by atoms with van der Waals surface area (Å²) in [5.74, 6) is 0.230. The van der Waals surface area contributed by atoms with Crippen LogP contribution in [0.5, 0.6) is 11.5 Å². The fraction of sp³-hybridized carbons (Fsp3) is 0.176. The first-order valence-corrected chi connectivity index (χ1v) is 7.47. The molecule has 1 aromatic heterocycles. The first kappa shape index (κ1) is 15.5. The van der Waals surface area contributed by atoms with E-state index in [1.165, 1.54) is 6.07 Å². The molecule has 0 aliphatic carbocycles. The molecule has 1 aliphatic rings. The topological polar surface area (TPSA) is 56.3 Å². The minimum absolute atomic E-state index is 0.135. The van der Waals surface area contributed by atoms with Crippen LogP contribution in [0, 0.1) is 0 Å². The Morgan fingerprint density at radius 3 is 2.64 bits per heavy atom. The maximum atomic E-state index is 13.0. The summed E-state index contributed by atoms with van der Waals surface area (Å²) in [6.07, 6.45) is -4.61. The van der Waals surface area contributed by atoms with Gasteiger partial charge in [0, 0.05) is 11.9 Å². The number of nitrogens with one attached hydrogen (secondary N) is 1. The van der Waals surface area contributed by atoms with Gasteiger partial charge in [0.05, 0.1) is 5.52 Å². The lowest BCUT2D eigenvalue weighted by atomic mass is 10.2. The minimum atomic E-state index is -4.61. The molecule has 0 amide bonds. The van der Waals surface area contributed by atoms with E-state index in [9.17, 15) is 13.2 Å². The average molecular weight is 347 g/mol. The number of aromatic nitrogens is 2. The Bertz CT molecular complexity index is 944. The van der Waals surface area contributed by atoms with Crippen molar-refractivity contribution < 1.29 is 22.6 Å². The fourth-order valence-corrected chi connectivity index (χ4v) is 2.57. The first-order chi connectivity index (χ1) is 12.0. The first-order valence-electron chi connectivity index (χ1n) is 7.47. The predicted octanol–water partition coefficient (Wildman–Crippen LogP) is 3.99. The second-order valence-corrected chi connectivity index (χ2v) is 5.45. The van der Waals surface area contributed by atoms with Gasteiger partial charge in [-0.15, -0.1) is 0 Å². The normalized spacial score (nSPS) is 13.2. The highest BCUT2D eigenvalue weighted by Gasteiger charge is 2.35. The Kier molecular flexibility index (Phi) is 3.60. The minimum Gasteiger partial charge on any atom is -0.454 e. The zero-order chi connectivity index (χ0) is 17.4. The van der Waals surface area contributed by atoms with E-state index in [0.717, 1.165) is 5.56 Å². The predicted molar refractivity (Wildman–Crippen MR) is 84.4 cm³/mol. The van der Waals surface area contributed by atoms with Crippen molar-refractivity contribution in [1.82, 2.24) is 9.97 Å². The number of alkyl halides is 3. The van der Waals surface area contributed by atoms with Crippen molar-refractivity contribution in [3.63, 3.8) is 0 Å². The molecule has 5 nitrogen and oxygen atoms in total. The van der Waals surface area contributed by atoms with Gasteiger partial charge in [-0.3, -0.25) is 0 Å². The molecular formula is C17H12F3N3O2. The number of halogens is 3. The van der Waals surface area contributed by atoms with Gasteiger partial charge in [0.25, 0.3) is 0 Å². The SMILES string of the molecule is FC(F)(F)c1nc(NCc2ccc3c(c2)OCO3)c2ccccc2n1. The molecule has 0 atom stereocenters. The summed E-state index contributed by atoms with van der Waals surface area (Å²) in [6, 6.07) is 11.9. The second kappa shape index (κ2) is 5.80. The molecule has 1 aliphatic heterocycles. The van der Waals surface area contributed by atoms with Crippen molar-refractivity contribution >= 4 is 16.7 Å². The molecule has 2 heterocycles. The molecule has 0 spiro atoms. The smallest absolute Gasteiger partial charge is 0.451 e. The Labute approximate surface area is 140 Å². The van der Waals surface area contributed by atoms with Crippen molar-refractivity contribution in [2.45, 2.75) is 12.7 Å². The van der Waals surface area contributed by atoms with Crippen LogP contribution >= 0.6 is 0 Å². The summed E-state index contributed by atoms with van der Waals surface area (Å²) in [5, 5.41) is 3.48. The molecule has 4 rings (SSSR count). The van der Waals surface area contributed by atoms with Crippen molar-refractivity contribution in [3.8, 4) is 11.5 Å². The Morgan fingerprint density at radius 2 is 1.80 bits per heavy atom. The van der Waals surface area contributed by atoms with E-state index < -0.39 is 12.0 Å². The van der Waals surface area contributed by atoms with Crippen LogP contribution in [0.3, 0.4) is 0 Å². The largest absolute Gasteiger partial charge is 0.454 e. The number of hydrogen-bond acceptors (Lipinski definition) is 5. The quantitative estimate of drug-likeness (QED) is 0.776. The fourth-order valence-electron chi connectivity index (χ4n) is 2.57. The third-order valence-electron chi connectivity index (χ3n) is 3.75. The number of nitrogens with zero attached hydrogens (tertiary/aromatic N) is 2. The molecule has 2 aromatic carbocycles. The van der Waals surface area contributed by atoms with E-state index in [1.807, 2.05) is 6.07 Å². The van der Waals surface area contributed by atoms with Crippen molar-refractivity contribution in [2.24, 2.45) is 0 Å². The molecule has 128 valence electrons. The Balaban J connectivity index is 1.66.